The van der Waals surface area contributed by atoms with E-state index in [1.165, 1.54) is 0 Å². The number of hydrogen-bond acceptors (Lipinski definition) is 3. The maximum atomic E-state index is 8.89. The van der Waals surface area contributed by atoms with Gasteiger partial charge in [0.2, 0.25) is 0 Å². The third-order valence-corrected chi connectivity index (χ3v) is 2.33. The van der Waals surface area contributed by atoms with Crippen LogP contribution in [-0.2, 0) is 0 Å². The molecule has 2 N–H and O–H groups in total. The second-order valence-electron chi connectivity index (χ2n) is 3.90. The monoisotopic (exact) mass is 172 g/mol. The average Bonchev–Trinajstić information content (AvgIpc) is 2.04. The zero-order chi connectivity index (χ0) is 8.97. The molecule has 0 amide bonds. The van der Waals surface area contributed by atoms with Crippen LogP contribution in [0.4, 0.5) is 0 Å². The highest BCUT2D eigenvalue weighted by Crippen LogP contribution is 2.03. The lowest BCUT2D eigenvalue weighted by Crippen LogP contribution is -2.50. The van der Waals surface area contributed by atoms with Gasteiger partial charge in [-0.05, 0) is 12.8 Å². The second kappa shape index (κ2) is 4.80. The second-order valence-corrected chi connectivity index (χ2v) is 3.90. The average molecular weight is 172 g/mol. The van der Waals surface area contributed by atoms with Gasteiger partial charge >= 0.3 is 0 Å². The minimum Gasteiger partial charge on any atom is -0.396 e. The van der Waals surface area contributed by atoms with E-state index in [1.807, 2.05) is 0 Å². The quantitative estimate of drug-likeness (QED) is 0.624. The zero-order valence-corrected chi connectivity index (χ0v) is 8.08. The molecule has 12 heavy (non-hydrogen) atoms. The summed E-state index contributed by atoms with van der Waals surface area (Å²) in [6.07, 6.45) is 0. The first-order valence-corrected chi connectivity index (χ1v) is 4.79. The van der Waals surface area contributed by atoms with Crippen LogP contribution in [0, 0.1) is 5.92 Å². The number of hydrogen-bond donors (Lipinski definition) is 2. The van der Waals surface area contributed by atoms with Gasteiger partial charge in [-0.25, -0.2) is 0 Å². The van der Waals surface area contributed by atoms with Crippen molar-refractivity contribution in [2.45, 2.75) is 19.9 Å². The highest BCUT2D eigenvalue weighted by Gasteiger charge is 2.16. The summed E-state index contributed by atoms with van der Waals surface area (Å²) >= 11 is 0. The summed E-state index contributed by atoms with van der Waals surface area (Å²) in [7, 11) is 0. The van der Waals surface area contributed by atoms with Gasteiger partial charge in [-0.1, -0.05) is 6.92 Å². The molecule has 72 valence electrons. The van der Waals surface area contributed by atoms with Crippen LogP contribution in [-0.4, -0.2) is 48.8 Å². The zero-order valence-electron chi connectivity index (χ0n) is 8.08. The molecule has 0 aliphatic carbocycles. The summed E-state index contributed by atoms with van der Waals surface area (Å²) in [5, 5.41) is 12.3. The normalized spacial score (nSPS) is 28.8. The van der Waals surface area contributed by atoms with Gasteiger partial charge in [-0.3, -0.25) is 0 Å². The highest BCUT2D eigenvalue weighted by atomic mass is 16.3. The van der Waals surface area contributed by atoms with E-state index in [9.17, 15) is 0 Å². The molecule has 1 heterocycles. The fraction of sp³-hybridized carbons (Fsp3) is 1.00. The smallest absolute Gasteiger partial charge is 0.0468 e. The Bertz CT molecular complexity index is 130. The van der Waals surface area contributed by atoms with Gasteiger partial charge in [0, 0.05) is 38.8 Å². The number of aliphatic hydroxyl groups is 1. The van der Waals surface area contributed by atoms with Crippen molar-refractivity contribution in [2.24, 2.45) is 5.92 Å². The molecule has 2 unspecified atom stereocenters. The Morgan fingerprint density at radius 2 is 2.42 bits per heavy atom. The fourth-order valence-corrected chi connectivity index (χ4v) is 1.68. The van der Waals surface area contributed by atoms with Crippen LogP contribution in [0.2, 0.25) is 0 Å². The number of aliphatic hydroxyl groups excluding tert-OH is 1. The first-order valence-electron chi connectivity index (χ1n) is 4.79. The summed E-state index contributed by atoms with van der Waals surface area (Å²) in [4.78, 5) is 2.42. The van der Waals surface area contributed by atoms with Crippen molar-refractivity contribution in [1.82, 2.24) is 10.2 Å². The van der Waals surface area contributed by atoms with Crippen molar-refractivity contribution in [3.63, 3.8) is 0 Å². The number of nitrogens with zero attached hydrogens (tertiary/aromatic N) is 1. The predicted octanol–water partition coefficient (Wildman–Crippen LogP) is -0.0915. The lowest BCUT2D eigenvalue weighted by Gasteiger charge is -2.33. The van der Waals surface area contributed by atoms with Crippen LogP contribution in [0.1, 0.15) is 13.8 Å². The van der Waals surface area contributed by atoms with Crippen molar-refractivity contribution in [3.8, 4) is 0 Å². The lowest BCUT2D eigenvalue weighted by atomic mass is 10.1. The van der Waals surface area contributed by atoms with E-state index in [0.717, 1.165) is 26.2 Å². The van der Waals surface area contributed by atoms with Crippen molar-refractivity contribution in [2.75, 3.05) is 32.8 Å². The van der Waals surface area contributed by atoms with Gasteiger partial charge in [0.15, 0.2) is 0 Å². The summed E-state index contributed by atoms with van der Waals surface area (Å²) in [6, 6.07) is 0.602. The molecule has 1 aliphatic rings. The van der Waals surface area contributed by atoms with Crippen LogP contribution in [0.15, 0.2) is 0 Å². The van der Waals surface area contributed by atoms with E-state index in [2.05, 4.69) is 24.1 Å². The van der Waals surface area contributed by atoms with Gasteiger partial charge in [0.25, 0.3) is 0 Å². The van der Waals surface area contributed by atoms with Crippen molar-refractivity contribution in [3.05, 3.63) is 0 Å². The van der Waals surface area contributed by atoms with Crippen LogP contribution in [0.3, 0.4) is 0 Å². The SMILES string of the molecule is CC(CO)CN1CCNC(C)C1. The molecular weight excluding hydrogens is 152 g/mol. The topological polar surface area (TPSA) is 35.5 Å². The fourth-order valence-electron chi connectivity index (χ4n) is 1.68. The van der Waals surface area contributed by atoms with Crippen molar-refractivity contribution < 1.29 is 5.11 Å². The molecule has 0 aromatic heterocycles. The summed E-state index contributed by atoms with van der Waals surface area (Å²) in [5.74, 6) is 0.412. The standard InChI is InChI=1S/C9H20N2O/c1-8(7-12)5-11-4-3-10-9(2)6-11/h8-10,12H,3-7H2,1-2H3. The van der Waals surface area contributed by atoms with Crippen LogP contribution in [0.25, 0.3) is 0 Å². The molecule has 0 spiro atoms. The van der Waals surface area contributed by atoms with Gasteiger partial charge in [0.05, 0.1) is 0 Å². The number of nitrogens with one attached hydrogen (secondary N) is 1. The summed E-state index contributed by atoms with van der Waals surface area (Å²) < 4.78 is 0. The third kappa shape index (κ3) is 3.09. The van der Waals surface area contributed by atoms with E-state index in [0.29, 0.717) is 18.6 Å². The minimum atomic E-state index is 0.304. The van der Waals surface area contributed by atoms with E-state index >= 15 is 0 Å². The van der Waals surface area contributed by atoms with Crippen molar-refractivity contribution in [1.29, 1.82) is 0 Å². The molecule has 1 saturated heterocycles. The van der Waals surface area contributed by atoms with Crippen LogP contribution >= 0.6 is 0 Å². The first-order chi connectivity index (χ1) is 5.72. The maximum absolute atomic E-state index is 8.89. The summed E-state index contributed by atoms with van der Waals surface area (Å²) in [6.45, 7) is 8.95. The Hall–Kier alpha value is -0.120. The number of piperazine rings is 1. The highest BCUT2D eigenvalue weighted by molar-refractivity contribution is 4.75. The number of rotatable bonds is 3. The third-order valence-electron chi connectivity index (χ3n) is 2.33. The van der Waals surface area contributed by atoms with Gasteiger partial charge < -0.3 is 15.3 Å². The molecular formula is C9H20N2O. The first kappa shape index (κ1) is 9.96. The molecule has 0 saturated carbocycles. The summed E-state index contributed by atoms with van der Waals surface area (Å²) in [5.41, 5.74) is 0. The molecule has 1 aliphatic heterocycles. The Morgan fingerprint density at radius 3 is 3.00 bits per heavy atom. The molecule has 0 aromatic rings. The molecule has 3 nitrogen and oxygen atoms in total. The van der Waals surface area contributed by atoms with E-state index < -0.39 is 0 Å². The van der Waals surface area contributed by atoms with E-state index in [-0.39, 0.29) is 0 Å². The maximum Gasteiger partial charge on any atom is 0.0468 e. The van der Waals surface area contributed by atoms with Crippen molar-refractivity contribution >= 4 is 0 Å². The largest absolute Gasteiger partial charge is 0.396 e. The molecule has 0 radical (unpaired) electrons. The lowest BCUT2D eigenvalue weighted by molar-refractivity contribution is 0.146. The molecule has 0 bridgehead atoms. The Labute approximate surface area is 74.8 Å². The molecule has 0 aromatic carbocycles. The predicted molar refractivity (Wildman–Crippen MR) is 50.2 cm³/mol. The van der Waals surface area contributed by atoms with Crippen LogP contribution < -0.4 is 5.32 Å². The van der Waals surface area contributed by atoms with Gasteiger partial charge in [0.1, 0.15) is 0 Å². The van der Waals surface area contributed by atoms with E-state index in [4.69, 9.17) is 5.11 Å². The van der Waals surface area contributed by atoms with Gasteiger partial charge in [-0.2, -0.15) is 0 Å². The molecule has 3 heteroatoms. The molecule has 1 fully saturated rings. The molecule has 2 atom stereocenters. The Balaban J connectivity index is 2.22. The minimum absolute atomic E-state index is 0.304. The molecule has 1 rings (SSSR count). The van der Waals surface area contributed by atoms with E-state index in [1.54, 1.807) is 0 Å². The Kier molecular flexibility index (Phi) is 3.98. The van der Waals surface area contributed by atoms with Crippen LogP contribution in [0.5, 0.6) is 0 Å². The van der Waals surface area contributed by atoms with Gasteiger partial charge in [-0.15, -0.1) is 0 Å². The Morgan fingerprint density at radius 1 is 1.67 bits per heavy atom.